The first-order valence-corrected chi connectivity index (χ1v) is 4.82. The summed E-state index contributed by atoms with van der Waals surface area (Å²) >= 11 is 0. The van der Waals surface area contributed by atoms with E-state index in [4.69, 9.17) is 10.8 Å². The Morgan fingerprint density at radius 3 is 2.56 bits per heavy atom. The van der Waals surface area contributed by atoms with Gasteiger partial charge in [-0.1, -0.05) is 0 Å². The van der Waals surface area contributed by atoms with Crippen LogP contribution in [0.1, 0.15) is 10.4 Å². The van der Waals surface area contributed by atoms with Gasteiger partial charge in [0.1, 0.15) is 11.9 Å². The van der Waals surface area contributed by atoms with Gasteiger partial charge in [-0.15, -0.1) is 0 Å². The lowest BCUT2D eigenvalue weighted by Gasteiger charge is -2.11. The Bertz CT molecular complexity index is 454. The van der Waals surface area contributed by atoms with Gasteiger partial charge in [0, 0.05) is 6.54 Å². The Morgan fingerprint density at radius 2 is 2.00 bits per heavy atom. The van der Waals surface area contributed by atoms with Crippen molar-refractivity contribution in [1.29, 1.82) is 0 Å². The molecule has 18 heavy (non-hydrogen) atoms. The quantitative estimate of drug-likeness (QED) is 0.560. The summed E-state index contributed by atoms with van der Waals surface area (Å²) in [6.07, 6.45) is -5.13. The van der Waals surface area contributed by atoms with E-state index in [0.717, 1.165) is 0 Å². The smallest absolute Gasteiger partial charge is 0.265 e. The molecule has 0 spiro atoms. The molecule has 1 amide bonds. The van der Waals surface area contributed by atoms with Gasteiger partial charge >= 0.3 is 0 Å². The van der Waals surface area contributed by atoms with Gasteiger partial charge in [-0.2, -0.15) is 0 Å². The van der Waals surface area contributed by atoms with Crippen LogP contribution in [0.25, 0.3) is 0 Å². The summed E-state index contributed by atoms with van der Waals surface area (Å²) < 4.78 is 50.1. The van der Waals surface area contributed by atoms with Crippen LogP contribution in [-0.2, 0) is 0 Å². The molecule has 0 saturated carbocycles. The van der Waals surface area contributed by atoms with Gasteiger partial charge in [0.25, 0.3) is 12.3 Å². The largest absolute Gasteiger partial charge is 0.396 e. The molecule has 8 heteroatoms. The molecule has 100 valence electrons. The Kier molecular flexibility index (Phi) is 4.49. The molecule has 1 aromatic rings. The zero-order valence-electron chi connectivity index (χ0n) is 8.96. The molecule has 1 unspecified atom stereocenters. The summed E-state index contributed by atoms with van der Waals surface area (Å²) in [5.74, 6) is -3.23. The zero-order chi connectivity index (χ0) is 13.9. The molecule has 0 aromatic heterocycles. The molecule has 0 radical (unpaired) electrons. The van der Waals surface area contributed by atoms with E-state index in [1.54, 1.807) is 0 Å². The fourth-order valence-electron chi connectivity index (χ4n) is 1.16. The minimum absolute atomic E-state index is 0.574. The van der Waals surface area contributed by atoms with E-state index < -0.39 is 47.9 Å². The van der Waals surface area contributed by atoms with Crippen molar-refractivity contribution >= 4 is 11.6 Å². The van der Waals surface area contributed by atoms with Crippen LogP contribution in [-0.4, -0.2) is 30.1 Å². The molecule has 4 N–H and O–H groups in total. The lowest BCUT2D eigenvalue weighted by atomic mass is 10.1. The van der Waals surface area contributed by atoms with E-state index in [1.165, 1.54) is 0 Å². The number of nitrogens with one attached hydrogen (secondary N) is 1. The second-order valence-corrected chi connectivity index (χ2v) is 3.47. The van der Waals surface area contributed by atoms with Gasteiger partial charge in [0.05, 0.1) is 11.3 Å². The summed E-state index contributed by atoms with van der Waals surface area (Å²) in [5, 5.41) is 10.6. The number of carbonyl (C=O) groups is 1. The third-order valence-corrected chi connectivity index (χ3v) is 2.07. The molecule has 0 fully saturated rings. The van der Waals surface area contributed by atoms with Gasteiger partial charge in [-0.25, -0.2) is 17.6 Å². The maximum absolute atomic E-state index is 13.4. The fraction of sp³-hybridized carbons (Fsp3) is 0.300. The number of benzene rings is 1. The number of hydrogen-bond donors (Lipinski definition) is 3. The molecule has 1 atom stereocenters. The third kappa shape index (κ3) is 3.33. The van der Waals surface area contributed by atoms with Crippen molar-refractivity contribution in [2.75, 3.05) is 12.3 Å². The summed E-state index contributed by atoms with van der Waals surface area (Å²) in [5.41, 5.74) is 3.81. The van der Waals surface area contributed by atoms with Crippen LogP contribution >= 0.6 is 0 Å². The highest BCUT2D eigenvalue weighted by Gasteiger charge is 2.20. The average Bonchev–Trinajstić information content (AvgIpc) is 2.29. The molecular weight excluding hydrogens is 256 g/mol. The molecule has 0 heterocycles. The number of carbonyl (C=O) groups excluding carboxylic acids is 1. The number of anilines is 1. The second kappa shape index (κ2) is 5.67. The number of nitrogen functional groups attached to an aromatic ring is 1. The SMILES string of the molecule is Nc1cc(F)cc(C(=O)NCC(O)C(F)F)c1F. The summed E-state index contributed by atoms with van der Waals surface area (Å²) in [4.78, 5) is 11.4. The number of amides is 1. The molecule has 0 bridgehead atoms. The van der Waals surface area contributed by atoms with Crippen molar-refractivity contribution in [2.45, 2.75) is 12.5 Å². The average molecular weight is 266 g/mol. The van der Waals surface area contributed by atoms with E-state index in [0.29, 0.717) is 12.1 Å². The molecule has 0 saturated heterocycles. The predicted molar refractivity (Wildman–Crippen MR) is 55.1 cm³/mol. The first kappa shape index (κ1) is 14.2. The van der Waals surface area contributed by atoms with Crippen LogP contribution in [0.3, 0.4) is 0 Å². The van der Waals surface area contributed by atoms with E-state index in [9.17, 15) is 22.4 Å². The van der Waals surface area contributed by atoms with Crippen LogP contribution in [0, 0.1) is 11.6 Å². The predicted octanol–water partition coefficient (Wildman–Crippen LogP) is 0.903. The van der Waals surface area contributed by atoms with Gasteiger partial charge in [-0.3, -0.25) is 4.79 Å². The Labute approximate surface area is 99.4 Å². The number of nitrogens with two attached hydrogens (primary N) is 1. The first-order chi connectivity index (χ1) is 8.32. The zero-order valence-corrected chi connectivity index (χ0v) is 8.96. The highest BCUT2D eigenvalue weighted by Crippen LogP contribution is 2.17. The molecule has 1 aromatic carbocycles. The summed E-state index contributed by atoms with van der Waals surface area (Å²) in [6.45, 7) is -0.785. The minimum atomic E-state index is -3.05. The van der Waals surface area contributed by atoms with Crippen molar-refractivity contribution in [3.05, 3.63) is 29.3 Å². The van der Waals surface area contributed by atoms with E-state index in [1.807, 2.05) is 5.32 Å². The van der Waals surface area contributed by atoms with E-state index in [-0.39, 0.29) is 0 Å². The van der Waals surface area contributed by atoms with Gasteiger partial charge in [0.2, 0.25) is 0 Å². The van der Waals surface area contributed by atoms with Crippen LogP contribution < -0.4 is 11.1 Å². The van der Waals surface area contributed by atoms with Gasteiger partial charge < -0.3 is 16.2 Å². The topological polar surface area (TPSA) is 75.4 Å². The van der Waals surface area contributed by atoms with Crippen LogP contribution in [0.4, 0.5) is 23.2 Å². The maximum atomic E-state index is 13.4. The van der Waals surface area contributed by atoms with Crippen molar-refractivity contribution in [2.24, 2.45) is 0 Å². The Balaban J connectivity index is 2.79. The fourth-order valence-corrected chi connectivity index (χ4v) is 1.16. The van der Waals surface area contributed by atoms with Crippen LogP contribution in [0.2, 0.25) is 0 Å². The van der Waals surface area contributed by atoms with Crippen molar-refractivity contribution < 1.29 is 27.5 Å². The van der Waals surface area contributed by atoms with E-state index >= 15 is 0 Å². The summed E-state index contributed by atoms with van der Waals surface area (Å²) in [6, 6.07) is 1.26. The molecule has 0 aliphatic rings. The van der Waals surface area contributed by atoms with E-state index in [2.05, 4.69) is 0 Å². The standard InChI is InChI=1S/C10H10F4N2O2/c11-4-1-5(8(12)6(15)2-4)10(18)16-3-7(17)9(13)14/h1-2,7,9,17H,3,15H2,(H,16,18). The van der Waals surface area contributed by atoms with Crippen molar-refractivity contribution in [3.8, 4) is 0 Å². The molecule has 4 nitrogen and oxygen atoms in total. The minimum Gasteiger partial charge on any atom is -0.396 e. The highest BCUT2D eigenvalue weighted by molar-refractivity contribution is 5.95. The van der Waals surface area contributed by atoms with Crippen LogP contribution in [0.15, 0.2) is 12.1 Å². The Morgan fingerprint density at radius 1 is 1.39 bits per heavy atom. The van der Waals surface area contributed by atoms with Crippen molar-refractivity contribution in [3.63, 3.8) is 0 Å². The second-order valence-electron chi connectivity index (χ2n) is 3.47. The number of rotatable bonds is 4. The number of hydrogen-bond acceptors (Lipinski definition) is 3. The third-order valence-electron chi connectivity index (χ3n) is 2.07. The Hall–Kier alpha value is -1.83. The number of aliphatic hydroxyl groups is 1. The first-order valence-electron chi connectivity index (χ1n) is 4.82. The highest BCUT2D eigenvalue weighted by atomic mass is 19.3. The number of alkyl halides is 2. The monoisotopic (exact) mass is 266 g/mol. The molecule has 0 aliphatic carbocycles. The van der Waals surface area contributed by atoms with Gasteiger partial charge in [-0.05, 0) is 12.1 Å². The lowest BCUT2D eigenvalue weighted by Crippen LogP contribution is -2.36. The maximum Gasteiger partial charge on any atom is 0.265 e. The summed E-state index contributed by atoms with van der Waals surface area (Å²) in [7, 11) is 0. The van der Waals surface area contributed by atoms with Gasteiger partial charge in [0.15, 0.2) is 5.82 Å². The van der Waals surface area contributed by atoms with Crippen molar-refractivity contribution in [1.82, 2.24) is 5.32 Å². The number of aliphatic hydroxyl groups excluding tert-OH is 1. The molecular formula is C10H10F4N2O2. The lowest BCUT2D eigenvalue weighted by molar-refractivity contribution is -0.00272. The molecule has 0 aliphatic heterocycles. The number of halogens is 4. The van der Waals surface area contributed by atoms with Crippen LogP contribution in [0.5, 0.6) is 0 Å². The molecule has 1 rings (SSSR count). The normalized spacial score (nSPS) is 12.6.